The second-order valence-electron chi connectivity index (χ2n) is 7.32. The number of rotatable bonds is 19. The molecule has 0 aromatic rings. The van der Waals surface area contributed by atoms with Crippen molar-refractivity contribution in [2.24, 2.45) is 5.73 Å². The molecule has 0 spiro atoms. The lowest BCUT2D eigenvalue weighted by Gasteiger charge is -2.07. The van der Waals surface area contributed by atoms with E-state index in [0.29, 0.717) is 0 Å². The molecular formula is C22H45NO. The van der Waals surface area contributed by atoms with Gasteiger partial charge in [-0.3, -0.25) is 0 Å². The molecule has 2 nitrogen and oxygen atoms in total. The maximum absolute atomic E-state index is 9.98. The van der Waals surface area contributed by atoms with E-state index in [4.69, 9.17) is 5.73 Å². The Labute approximate surface area is 152 Å². The normalized spacial score (nSPS) is 13.0. The Bertz CT molecular complexity index is 252. The number of unbranched alkanes of at least 4 members (excludes halogenated alkanes) is 13. The number of hydrogen-bond acceptors (Lipinski definition) is 2. The maximum Gasteiger partial charge on any atom is 0.0574 e. The zero-order chi connectivity index (χ0) is 17.7. The molecule has 0 aliphatic heterocycles. The van der Waals surface area contributed by atoms with Gasteiger partial charge in [-0.2, -0.15) is 0 Å². The Balaban J connectivity index is 3.23. The van der Waals surface area contributed by atoms with Gasteiger partial charge >= 0.3 is 0 Å². The van der Waals surface area contributed by atoms with E-state index >= 15 is 0 Å². The molecule has 0 fully saturated rings. The standard InChI is InChI=1S/C22H45NO/c1-2-3-4-5-6-10-13-16-19-22(24)20-17-14-11-8-7-9-12-15-18-21-23/h14,17,22,24H,2-13,15-16,18-21,23H2,1H3/t22-/m1/s1. The first-order valence-corrected chi connectivity index (χ1v) is 10.8. The molecule has 0 aliphatic carbocycles. The second kappa shape index (κ2) is 20.7. The summed E-state index contributed by atoms with van der Waals surface area (Å²) in [5, 5.41) is 9.98. The lowest BCUT2D eigenvalue weighted by Crippen LogP contribution is -2.04. The summed E-state index contributed by atoms with van der Waals surface area (Å²) in [6.45, 7) is 3.10. The highest BCUT2D eigenvalue weighted by molar-refractivity contribution is 4.84. The third-order valence-electron chi connectivity index (χ3n) is 4.79. The molecule has 0 bridgehead atoms. The van der Waals surface area contributed by atoms with Crippen molar-refractivity contribution in [2.45, 2.75) is 122 Å². The van der Waals surface area contributed by atoms with Crippen LogP contribution in [0.4, 0.5) is 0 Å². The van der Waals surface area contributed by atoms with Crippen molar-refractivity contribution in [3.63, 3.8) is 0 Å². The summed E-state index contributed by atoms with van der Waals surface area (Å²) < 4.78 is 0. The average molecular weight is 340 g/mol. The molecule has 1 atom stereocenters. The molecule has 24 heavy (non-hydrogen) atoms. The van der Waals surface area contributed by atoms with Crippen molar-refractivity contribution < 1.29 is 5.11 Å². The van der Waals surface area contributed by atoms with Crippen molar-refractivity contribution in [3.05, 3.63) is 12.2 Å². The van der Waals surface area contributed by atoms with Crippen molar-refractivity contribution in [1.29, 1.82) is 0 Å². The maximum atomic E-state index is 9.98. The zero-order valence-electron chi connectivity index (χ0n) is 16.5. The highest BCUT2D eigenvalue weighted by Gasteiger charge is 2.01. The van der Waals surface area contributed by atoms with Crippen LogP contribution in [0.15, 0.2) is 12.2 Å². The van der Waals surface area contributed by atoms with Crippen molar-refractivity contribution in [3.8, 4) is 0 Å². The Hall–Kier alpha value is -0.340. The quantitative estimate of drug-likeness (QED) is 0.208. The molecule has 0 radical (unpaired) electrons. The molecule has 0 aromatic carbocycles. The van der Waals surface area contributed by atoms with E-state index in [-0.39, 0.29) is 6.10 Å². The zero-order valence-corrected chi connectivity index (χ0v) is 16.5. The molecule has 0 unspecified atom stereocenters. The van der Waals surface area contributed by atoms with Crippen LogP contribution in [0, 0.1) is 0 Å². The van der Waals surface area contributed by atoms with Crippen molar-refractivity contribution in [1.82, 2.24) is 0 Å². The molecule has 0 aromatic heterocycles. The van der Waals surface area contributed by atoms with E-state index in [9.17, 15) is 5.11 Å². The summed E-state index contributed by atoms with van der Waals surface area (Å²) in [6.07, 6.45) is 25.8. The number of aliphatic hydroxyl groups is 1. The van der Waals surface area contributed by atoms with Crippen molar-refractivity contribution in [2.75, 3.05) is 6.54 Å². The van der Waals surface area contributed by atoms with Crippen LogP contribution in [0.2, 0.25) is 0 Å². The van der Waals surface area contributed by atoms with E-state index in [1.807, 2.05) is 0 Å². The van der Waals surface area contributed by atoms with Crippen LogP contribution in [-0.4, -0.2) is 17.8 Å². The minimum Gasteiger partial charge on any atom is -0.393 e. The van der Waals surface area contributed by atoms with E-state index in [0.717, 1.165) is 19.4 Å². The van der Waals surface area contributed by atoms with Crippen LogP contribution in [0.3, 0.4) is 0 Å². The number of nitrogens with two attached hydrogens (primary N) is 1. The lowest BCUT2D eigenvalue weighted by atomic mass is 10.0. The van der Waals surface area contributed by atoms with Crippen LogP contribution in [0.25, 0.3) is 0 Å². The van der Waals surface area contributed by atoms with Gasteiger partial charge in [0.1, 0.15) is 0 Å². The number of aliphatic hydroxyl groups excluding tert-OH is 1. The molecule has 0 amide bonds. The minimum atomic E-state index is -0.127. The second-order valence-corrected chi connectivity index (χ2v) is 7.32. The molecule has 3 N–H and O–H groups in total. The van der Waals surface area contributed by atoms with Gasteiger partial charge in [-0.05, 0) is 38.6 Å². The summed E-state index contributed by atoms with van der Waals surface area (Å²) in [4.78, 5) is 0. The predicted molar refractivity (Wildman–Crippen MR) is 108 cm³/mol. The summed E-state index contributed by atoms with van der Waals surface area (Å²) >= 11 is 0. The van der Waals surface area contributed by atoms with Crippen molar-refractivity contribution >= 4 is 0 Å². The van der Waals surface area contributed by atoms with Gasteiger partial charge < -0.3 is 10.8 Å². The smallest absolute Gasteiger partial charge is 0.0574 e. The van der Waals surface area contributed by atoms with Gasteiger partial charge in [-0.25, -0.2) is 0 Å². The summed E-state index contributed by atoms with van der Waals surface area (Å²) in [5.41, 5.74) is 5.49. The van der Waals surface area contributed by atoms with E-state index in [2.05, 4.69) is 19.1 Å². The van der Waals surface area contributed by atoms with Gasteiger partial charge in [0.05, 0.1) is 6.10 Å². The topological polar surface area (TPSA) is 46.2 Å². The number of allylic oxidation sites excluding steroid dienone is 1. The van der Waals surface area contributed by atoms with Crippen LogP contribution in [-0.2, 0) is 0 Å². The molecule has 0 saturated heterocycles. The molecule has 144 valence electrons. The van der Waals surface area contributed by atoms with Gasteiger partial charge in [-0.1, -0.05) is 96.1 Å². The fraction of sp³-hybridized carbons (Fsp3) is 0.909. The predicted octanol–water partition coefficient (Wildman–Crippen LogP) is 6.51. The molecule has 0 saturated carbocycles. The fourth-order valence-corrected chi connectivity index (χ4v) is 3.12. The Morgan fingerprint density at radius 3 is 1.88 bits per heavy atom. The third-order valence-corrected chi connectivity index (χ3v) is 4.79. The minimum absolute atomic E-state index is 0.127. The van der Waals surface area contributed by atoms with Gasteiger partial charge in [0.25, 0.3) is 0 Å². The molecule has 0 heterocycles. The fourth-order valence-electron chi connectivity index (χ4n) is 3.12. The van der Waals surface area contributed by atoms with E-state index in [1.54, 1.807) is 0 Å². The Morgan fingerprint density at radius 2 is 1.25 bits per heavy atom. The molecular weight excluding hydrogens is 294 g/mol. The van der Waals surface area contributed by atoms with E-state index < -0.39 is 0 Å². The first kappa shape index (κ1) is 23.7. The monoisotopic (exact) mass is 339 g/mol. The van der Waals surface area contributed by atoms with Gasteiger partial charge in [0.2, 0.25) is 0 Å². The Kier molecular flexibility index (Phi) is 20.4. The van der Waals surface area contributed by atoms with Crippen LogP contribution >= 0.6 is 0 Å². The summed E-state index contributed by atoms with van der Waals surface area (Å²) in [5.74, 6) is 0. The van der Waals surface area contributed by atoms with Gasteiger partial charge in [-0.15, -0.1) is 0 Å². The van der Waals surface area contributed by atoms with Crippen LogP contribution in [0.5, 0.6) is 0 Å². The van der Waals surface area contributed by atoms with Gasteiger partial charge in [0.15, 0.2) is 0 Å². The SMILES string of the molecule is CCCCCCCCCC[C@@H](O)CC=CCCCCCCCCN. The largest absolute Gasteiger partial charge is 0.393 e. The average Bonchev–Trinajstić information content (AvgIpc) is 2.59. The van der Waals surface area contributed by atoms with E-state index in [1.165, 1.54) is 96.3 Å². The lowest BCUT2D eigenvalue weighted by molar-refractivity contribution is 0.163. The van der Waals surface area contributed by atoms with Crippen LogP contribution < -0.4 is 5.73 Å². The summed E-state index contributed by atoms with van der Waals surface area (Å²) in [7, 11) is 0. The first-order valence-electron chi connectivity index (χ1n) is 10.8. The van der Waals surface area contributed by atoms with Gasteiger partial charge in [0, 0.05) is 0 Å². The Morgan fingerprint density at radius 1 is 0.708 bits per heavy atom. The highest BCUT2D eigenvalue weighted by atomic mass is 16.3. The number of hydrogen-bond donors (Lipinski definition) is 2. The highest BCUT2D eigenvalue weighted by Crippen LogP contribution is 2.12. The molecule has 0 aliphatic rings. The third kappa shape index (κ3) is 19.7. The summed E-state index contributed by atoms with van der Waals surface area (Å²) in [6, 6.07) is 0. The molecule has 2 heteroatoms. The molecule has 0 rings (SSSR count). The van der Waals surface area contributed by atoms with Crippen LogP contribution in [0.1, 0.15) is 116 Å². The first-order chi connectivity index (χ1) is 11.8.